The van der Waals surface area contributed by atoms with E-state index in [-0.39, 0.29) is 5.75 Å². The summed E-state index contributed by atoms with van der Waals surface area (Å²) >= 11 is 1.28. The Morgan fingerprint density at radius 2 is 1.68 bits per heavy atom. The molecule has 0 heterocycles. The van der Waals surface area contributed by atoms with E-state index in [4.69, 9.17) is 9.47 Å². The molecule has 0 spiro atoms. The summed E-state index contributed by atoms with van der Waals surface area (Å²) in [4.78, 5) is 36.0. The van der Waals surface area contributed by atoms with Crippen molar-refractivity contribution in [3.05, 3.63) is 60.2 Å². The number of methoxy groups -OCH3 is 1. The first-order chi connectivity index (χ1) is 12.1. The molecule has 1 N–H and O–H groups in total. The van der Waals surface area contributed by atoms with Crippen LogP contribution in [-0.2, 0) is 14.3 Å². The summed E-state index contributed by atoms with van der Waals surface area (Å²) in [6.45, 7) is -0.499. The van der Waals surface area contributed by atoms with Gasteiger partial charge in [0, 0.05) is 10.5 Å². The van der Waals surface area contributed by atoms with E-state index >= 15 is 0 Å². The fourth-order valence-electron chi connectivity index (χ4n) is 1.83. The molecule has 2 rings (SSSR count). The third-order valence-corrected chi connectivity index (χ3v) is 4.05. The minimum Gasteiger partial charge on any atom is -0.497 e. The Bertz CT molecular complexity index is 731. The zero-order chi connectivity index (χ0) is 18.1. The number of thioether (sulfide) groups is 1. The maximum Gasteiger partial charge on any atom is 0.316 e. The first-order valence-electron chi connectivity index (χ1n) is 7.40. The number of carbonyl (C=O) groups excluding carboxylic acids is 3. The van der Waals surface area contributed by atoms with Gasteiger partial charge < -0.3 is 9.47 Å². The standard InChI is InChI=1S/C18H17NO5S/c1-23-14-7-9-15(10-8-14)25-12-17(21)24-11-16(20)19-18(22)13-5-3-2-4-6-13/h2-10H,11-12H2,1H3,(H,19,20,22). The van der Waals surface area contributed by atoms with E-state index in [1.165, 1.54) is 11.8 Å². The Morgan fingerprint density at radius 3 is 2.32 bits per heavy atom. The topological polar surface area (TPSA) is 81.7 Å². The number of imide groups is 1. The molecule has 0 radical (unpaired) electrons. The van der Waals surface area contributed by atoms with Gasteiger partial charge in [-0.25, -0.2) is 0 Å². The van der Waals surface area contributed by atoms with Crippen LogP contribution >= 0.6 is 11.8 Å². The number of hydrogen-bond acceptors (Lipinski definition) is 6. The highest BCUT2D eigenvalue weighted by molar-refractivity contribution is 8.00. The van der Waals surface area contributed by atoms with Gasteiger partial charge in [0.2, 0.25) is 0 Å². The second kappa shape index (κ2) is 9.48. The number of benzene rings is 2. The molecule has 2 aromatic carbocycles. The van der Waals surface area contributed by atoms with Crippen LogP contribution in [0.15, 0.2) is 59.5 Å². The van der Waals surface area contributed by atoms with E-state index in [0.717, 1.165) is 10.6 Å². The molecule has 6 nitrogen and oxygen atoms in total. The number of rotatable bonds is 7. The number of hydrogen-bond donors (Lipinski definition) is 1. The quantitative estimate of drug-likeness (QED) is 0.603. The summed E-state index contributed by atoms with van der Waals surface area (Å²) in [5.41, 5.74) is 0.359. The van der Waals surface area contributed by atoms with Gasteiger partial charge in [-0.15, -0.1) is 11.8 Å². The zero-order valence-corrected chi connectivity index (χ0v) is 14.4. The van der Waals surface area contributed by atoms with Crippen LogP contribution in [0.1, 0.15) is 10.4 Å². The van der Waals surface area contributed by atoms with Gasteiger partial charge in [-0.3, -0.25) is 19.7 Å². The highest BCUT2D eigenvalue weighted by Crippen LogP contribution is 2.21. The molecular weight excluding hydrogens is 342 g/mol. The molecule has 130 valence electrons. The van der Waals surface area contributed by atoms with Crippen molar-refractivity contribution in [1.82, 2.24) is 5.32 Å². The average Bonchev–Trinajstić information content (AvgIpc) is 2.65. The van der Waals surface area contributed by atoms with Gasteiger partial charge in [0.15, 0.2) is 6.61 Å². The molecule has 0 aliphatic rings. The molecule has 0 aliphatic heterocycles. The molecule has 0 aliphatic carbocycles. The lowest BCUT2D eigenvalue weighted by Gasteiger charge is -2.06. The van der Waals surface area contributed by atoms with E-state index in [1.807, 2.05) is 12.1 Å². The SMILES string of the molecule is COc1ccc(SCC(=O)OCC(=O)NC(=O)c2ccccc2)cc1. The minimum atomic E-state index is -0.670. The number of nitrogens with one attached hydrogen (secondary N) is 1. The van der Waals surface area contributed by atoms with Gasteiger partial charge >= 0.3 is 5.97 Å². The highest BCUT2D eigenvalue weighted by Gasteiger charge is 2.12. The molecule has 0 saturated heterocycles. The average molecular weight is 359 g/mol. The van der Waals surface area contributed by atoms with E-state index in [2.05, 4.69) is 5.32 Å². The van der Waals surface area contributed by atoms with Crippen molar-refractivity contribution in [2.45, 2.75) is 4.90 Å². The first kappa shape index (κ1) is 18.5. The summed E-state index contributed by atoms with van der Waals surface area (Å²) in [5.74, 6) is -0.951. The third-order valence-electron chi connectivity index (χ3n) is 3.07. The minimum absolute atomic E-state index is 0.0617. The fraction of sp³-hybridized carbons (Fsp3) is 0.167. The lowest BCUT2D eigenvalue weighted by molar-refractivity contribution is -0.145. The normalized spacial score (nSPS) is 9.96. The van der Waals surface area contributed by atoms with Crippen molar-refractivity contribution < 1.29 is 23.9 Å². The number of amides is 2. The largest absolute Gasteiger partial charge is 0.497 e. The zero-order valence-electron chi connectivity index (χ0n) is 13.6. The van der Waals surface area contributed by atoms with Crippen LogP contribution < -0.4 is 10.1 Å². The Labute approximate surface area is 149 Å². The Kier molecular flexibility index (Phi) is 7.03. The Morgan fingerprint density at radius 1 is 1.00 bits per heavy atom. The molecule has 0 fully saturated rings. The second-order valence-electron chi connectivity index (χ2n) is 4.87. The lowest BCUT2D eigenvalue weighted by Crippen LogP contribution is -2.34. The predicted molar refractivity (Wildman–Crippen MR) is 93.6 cm³/mol. The first-order valence-corrected chi connectivity index (χ1v) is 8.39. The summed E-state index contributed by atoms with van der Waals surface area (Å²) in [6, 6.07) is 15.5. The van der Waals surface area contributed by atoms with Crippen molar-refractivity contribution in [2.24, 2.45) is 0 Å². The third kappa shape index (κ3) is 6.31. The molecule has 7 heteroatoms. The van der Waals surface area contributed by atoms with Crippen LogP contribution in [0.25, 0.3) is 0 Å². The van der Waals surface area contributed by atoms with Gasteiger partial charge in [0.1, 0.15) is 5.75 Å². The van der Waals surface area contributed by atoms with Gasteiger partial charge in [-0.1, -0.05) is 18.2 Å². The molecule has 0 atom stereocenters. The molecule has 0 aromatic heterocycles. The van der Waals surface area contributed by atoms with E-state index in [9.17, 15) is 14.4 Å². The molecular formula is C18H17NO5S. The van der Waals surface area contributed by atoms with Crippen molar-refractivity contribution in [1.29, 1.82) is 0 Å². The lowest BCUT2D eigenvalue weighted by atomic mass is 10.2. The van der Waals surface area contributed by atoms with Crippen LogP contribution in [0.4, 0.5) is 0 Å². The molecule has 2 aromatic rings. The van der Waals surface area contributed by atoms with Crippen LogP contribution in [0.3, 0.4) is 0 Å². The van der Waals surface area contributed by atoms with Gasteiger partial charge in [-0.2, -0.15) is 0 Å². The molecule has 2 amide bonds. The summed E-state index contributed by atoms with van der Waals surface area (Å²) < 4.78 is 9.91. The summed E-state index contributed by atoms with van der Waals surface area (Å²) in [7, 11) is 1.58. The van der Waals surface area contributed by atoms with Crippen LogP contribution in [-0.4, -0.2) is 37.3 Å². The Hall–Kier alpha value is -2.80. The predicted octanol–water partition coefficient (Wildman–Crippen LogP) is 2.29. The maximum absolute atomic E-state index is 11.8. The number of carbonyl (C=O) groups is 3. The summed E-state index contributed by atoms with van der Waals surface area (Å²) in [6.07, 6.45) is 0. The number of ether oxygens (including phenoxy) is 2. The molecule has 0 bridgehead atoms. The monoisotopic (exact) mass is 359 g/mol. The Balaban J connectivity index is 1.70. The maximum atomic E-state index is 11.8. The van der Waals surface area contributed by atoms with Gasteiger partial charge in [0.05, 0.1) is 12.9 Å². The van der Waals surface area contributed by atoms with Crippen LogP contribution in [0, 0.1) is 0 Å². The van der Waals surface area contributed by atoms with E-state index < -0.39 is 24.4 Å². The van der Waals surface area contributed by atoms with Crippen molar-refractivity contribution in [2.75, 3.05) is 19.5 Å². The molecule has 25 heavy (non-hydrogen) atoms. The van der Waals surface area contributed by atoms with Crippen molar-refractivity contribution in [3.8, 4) is 5.75 Å². The van der Waals surface area contributed by atoms with E-state index in [0.29, 0.717) is 5.56 Å². The van der Waals surface area contributed by atoms with Crippen LogP contribution in [0.2, 0.25) is 0 Å². The summed E-state index contributed by atoms with van der Waals surface area (Å²) in [5, 5.41) is 2.16. The smallest absolute Gasteiger partial charge is 0.316 e. The van der Waals surface area contributed by atoms with Gasteiger partial charge in [0.25, 0.3) is 11.8 Å². The molecule has 0 unspecified atom stereocenters. The highest BCUT2D eigenvalue weighted by atomic mass is 32.2. The van der Waals surface area contributed by atoms with Crippen LogP contribution in [0.5, 0.6) is 5.75 Å². The van der Waals surface area contributed by atoms with Gasteiger partial charge in [-0.05, 0) is 36.4 Å². The number of esters is 1. The fourth-order valence-corrected chi connectivity index (χ4v) is 2.52. The molecule has 0 saturated carbocycles. The van der Waals surface area contributed by atoms with Crippen molar-refractivity contribution in [3.63, 3.8) is 0 Å². The van der Waals surface area contributed by atoms with E-state index in [1.54, 1.807) is 49.6 Å². The van der Waals surface area contributed by atoms with Crippen molar-refractivity contribution >= 4 is 29.5 Å². The second-order valence-corrected chi connectivity index (χ2v) is 5.92.